The van der Waals surface area contributed by atoms with Crippen molar-refractivity contribution in [1.29, 1.82) is 0 Å². The lowest BCUT2D eigenvalue weighted by Crippen LogP contribution is -2.53. The van der Waals surface area contributed by atoms with Gasteiger partial charge in [0.1, 0.15) is 18.4 Å². The number of rotatable bonds is 10. The first-order valence-electron chi connectivity index (χ1n) is 13.6. The molecule has 1 aliphatic rings. The molecule has 1 unspecified atom stereocenters. The van der Waals surface area contributed by atoms with E-state index >= 15 is 0 Å². The number of nitrogens with one attached hydrogen (secondary N) is 1. The third-order valence-corrected chi connectivity index (χ3v) is 9.10. The van der Waals surface area contributed by atoms with Crippen LogP contribution in [0, 0.1) is 12.7 Å². The second-order valence-corrected chi connectivity index (χ2v) is 12.2. The SMILES string of the molecule is Cc1ccc(CN(C(=O)CN(c2ccccc2F)S(=O)(=O)c2ccccc2)C(C)C(=O)NC2CCCCC2)cc1. The molecule has 7 nitrogen and oxygen atoms in total. The Balaban J connectivity index is 1.67. The molecule has 1 atom stereocenters. The number of halogens is 1. The van der Waals surface area contributed by atoms with Gasteiger partial charge in [0.25, 0.3) is 10.0 Å². The van der Waals surface area contributed by atoms with Crippen LogP contribution in [0.2, 0.25) is 0 Å². The third kappa shape index (κ3) is 7.07. The molecule has 0 heterocycles. The number of para-hydroxylation sites is 1. The summed E-state index contributed by atoms with van der Waals surface area (Å²) >= 11 is 0. The van der Waals surface area contributed by atoms with E-state index in [0.717, 1.165) is 53.6 Å². The van der Waals surface area contributed by atoms with Gasteiger partial charge in [0, 0.05) is 12.6 Å². The molecule has 1 saturated carbocycles. The monoisotopic (exact) mass is 565 g/mol. The molecule has 0 bridgehead atoms. The summed E-state index contributed by atoms with van der Waals surface area (Å²) in [7, 11) is -4.31. The predicted molar refractivity (Wildman–Crippen MR) is 154 cm³/mol. The Hall–Kier alpha value is -3.72. The second kappa shape index (κ2) is 13.1. The fraction of sp³-hybridized carbons (Fsp3) is 0.355. The summed E-state index contributed by atoms with van der Waals surface area (Å²) in [6, 6.07) is 19.8. The maximum Gasteiger partial charge on any atom is 0.264 e. The Kier molecular flexibility index (Phi) is 9.58. The number of hydrogen-bond acceptors (Lipinski definition) is 4. The Morgan fingerprint density at radius 2 is 1.55 bits per heavy atom. The van der Waals surface area contributed by atoms with E-state index in [1.165, 1.54) is 35.2 Å². The molecule has 1 aliphatic carbocycles. The van der Waals surface area contributed by atoms with Gasteiger partial charge in [-0.05, 0) is 56.5 Å². The fourth-order valence-electron chi connectivity index (χ4n) is 4.93. The van der Waals surface area contributed by atoms with E-state index in [1.807, 2.05) is 31.2 Å². The van der Waals surface area contributed by atoms with Crippen LogP contribution in [0.4, 0.5) is 10.1 Å². The lowest BCUT2D eigenvalue weighted by molar-refractivity contribution is -0.139. The third-order valence-electron chi connectivity index (χ3n) is 7.32. The maximum absolute atomic E-state index is 15.0. The van der Waals surface area contributed by atoms with E-state index < -0.39 is 34.3 Å². The first kappa shape index (κ1) is 29.3. The molecule has 3 aromatic rings. The van der Waals surface area contributed by atoms with Gasteiger partial charge in [-0.25, -0.2) is 12.8 Å². The van der Waals surface area contributed by atoms with Gasteiger partial charge in [0.2, 0.25) is 11.8 Å². The fourth-order valence-corrected chi connectivity index (χ4v) is 6.37. The quantitative estimate of drug-likeness (QED) is 0.366. The van der Waals surface area contributed by atoms with Crippen molar-refractivity contribution in [3.8, 4) is 0 Å². The van der Waals surface area contributed by atoms with Crippen LogP contribution in [-0.4, -0.2) is 43.8 Å². The molecular weight excluding hydrogens is 529 g/mol. The number of carbonyl (C=O) groups is 2. The second-order valence-electron chi connectivity index (χ2n) is 10.3. The first-order valence-corrected chi connectivity index (χ1v) is 15.1. The van der Waals surface area contributed by atoms with Crippen LogP contribution in [0.15, 0.2) is 83.8 Å². The Morgan fingerprint density at radius 3 is 2.20 bits per heavy atom. The van der Waals surface area contributed by atoms with Crippen LogP contribution in [0.1, 0.15) is 50.2 Å². The number of nitrogens with zero attached hydrogens (tertiary/aromatic N) is 2. The first-order chi connectivity index (χ1) is 19.2. The van der Waals surface area contributed by atoms with E-state index in [1.54, 1.807) is 25.1 Å². The summed E-state index contributed by atoms with van der Waals surface area (Å²) < 4.78 is 43.2. The van der Waals surface area contributed by atoms with Gasteiger partial charge in [-0.15, -0.1) is 0 Å². The molecule has 0 aliphatic heterocycles. The molecule has 9 heteroatoms. The molecule has 0 radical (unpaired) electrons. The zero-order valence-electron chi connectivity index (χ0n) is 22.9. The van der Waals surface area contributed by atoms with E-state index in [2.05, 4.69) is 5.32 Å². The number of amides is 2. The molecule has 0 saturated heterocycles. The number of anilines is 1. The minimum absolute atomic E-state index is 0.0494. The lowest BCUT2D eigenvalue weighted by Gasteiger charge is -2.33. The van der Waals surface area contributed by atoms with Gasteiger partial charge >= 0.3 is 0 Å². The maximum atomic E-state index is 15.0. The van der Waals surface area contributed by atoms with Crippen LogP contribution < -0.4 is 9.62 Å². The highest BCUT2D eigenvalue weighted by Crippen LogP contribution is 2.27. The predicted octanol–water partition coefficient (Wildman–Crippen LogP) is 5.20. The molecule has 3 aromatic carbocycles. The largest absolute Gasteiger partial charge is 0.352 e. The highest BCUT2D eigenvalue weighted by atomic mass is 32.2. The van der Waals surface area contributed by atoms with Crippen molar-refractivity contribution in [3.05, 3.63) is 95.8 Å². The lowest BCUT2D eigenvalue weighted by atomic mass is 9.95. The van der Waals surface area contributed by atoms with E-state index in [0.29, 0.717) is 0 Å². The van der Waals surface area contributed by atoms with Crippen molar-refractivity contribution in [2.75, 3.05) is 10.8 Å². The average Bonchev–Trinajstić information content (AvgIpc) is 2.96. The van der Waals surface area contributed by atoms with E-state index in [-0.39, 0.29) is 29.1 Å². The van der Waals surface area contributed by atoms with Crippen LogP contribution in [0.3, 0.4) is 0 Å². The normalized spacial score (nSPS) is 14.8. The van der Waals surface area contributed by atoms with Crippen molar-refractivity contribution in [3.63, 3.8) is 0 Å². The zero-order chi connectivity index (χ0) is 28.7. The van der Waals surface area contributed by atoms with Crippen LogP contribution >= 0.6 is 0 Å². The average molecular weight is 566 g/mol. The van der Waals surface area contributed by atoms with Crippen LogP contribution in [0.25, 0.3) is 0 Å². The van der Waals surface area contributed by atoms with Gasteiger partial charge in [-0.3, -0.25) is 13.9 Å². The van der Waals surface area contributed by atoms with E-state index in [4.69, 9.17) is 0 Å². The summed E-state index contributed by atoms with van der Waals surface area (Å²) in [6.07, 6.45) is 5.00. The van der Waals surface area contributed by atoms with Gasteiger partial charge in [-0.1, -0.05) is 79.4 Å². The standard InChI is InChI=1S/C31H36FN3O4S/c1-23-17-19-25(20-18-23)21-34(24(2)31(37)33-26-11-5-3-6-12-26)30(36)22-35(29-16-10-9-15-28(29)32)40(38,39)27-13-7-4-8-14-27/h4,7-10,13-20,24,26H,3,5-6,11-12,21-22H2,1-2H3,(H,33,37). The van der Waals surface area contributed by atoms with E-state index in [9.17, 15) is 22.4 Å². The summed E-state index contributed by atoms with van der Waals surface area (Å²) in [4.78, 5) is 28.6. The number of sulfonamides is 1. The van der Waals surface area contributed by atoms with Crippen LogP contribution in [-0.2, 0) is 26.2 Å². The number of benzene rings is 3. The van der Waals surface area contributed by atoms with Crippen molar-refractivity contribution in [2.24, 2.45) is 0 Å². The molecule has 2 amide bonds. The molecule has 1 N–H and O–H groups in total. The zero-order valence-corrected chi connectivity index (χ0v) is 23.7. The minimum atomic E-state index is -4.31. The molecular formula is C31H36FN3O4S. The number of aryl methyl sites for hydroxylation is 1. The molecule has 0 aromatic heterocycles. The molecule has 4 rings (SSSR count). The van der Waals surface area contributed by atoms with Crippen LogP contribution in [0.5, 0.6) is 0 Å². The van der Waals surface area contributed by atoms with Gasteiger partial charge < -0.3 is 10.2 Å². The van der Waals surface area contributed by atoms with Crippen molar-refractivity contribution >= 4 is 27.5 Å². The highest BCUT2D eigenvalue weighted by Gasteiger charge is 2.34. The summed E-state index contributed by atoms with van der Waals surface area (Å²) in [6.45, 7) is 3.01. The van der Waals surface area contributed by atoms with Gasteiger partial charge in [0.05, 0.1) is 10.6 Å². The molecule has 212 valence electrons. The minimum Gasteiger partial charge on any atom is -0.352 e. The van der Waals surface area contributed by atoms with Crippen molar-refractivity contribution in [2.45, 2.75) is 69.5 Å². The van der Waals surface area contributed by atoms with Gasteiger partial charge in [-0.2, -0.15) is 0 Å². The Morgan fingerprint density at radius 1 is 0.925 bits per heavy atom. The van der Waals surface area contributed by atoms with Crippen molar-refractivity contribution < 1.29 is 22.4 Å². The summed E-state index contributed by atoms with van der Waals surface area (Å²) in [5, 5.41) is 3.07. The molecule has 1 fully saturated rings. The molecule has 40 heavy (non-hydrogen) atoms. The number of carbonyl (C=O) groups excluding carboxylic acids is 2. The Bertz CT molecular complexity index is 1410. The summed E-state index contributed by atoms with van der Waals surface area (Å²) in [5.74, 6) is -1.69. The molecule has 0 spiro atoms. The van der Waals surface area contributed by atoms with Crippen molar-refractivity contribution in [1.82, 2.24) is 10.2 Å². The topological polar surface area (TPSA) is 86.8 Å². The smallest absolute Gasteiger partial charge is 0.264 e. The Labute approximate surface area is 236 Å². The van der Waals surface area contributed by atoms with Gasteiger partial charge in [0.15, 0.2) is 0 Å². The number of hydrogen-bond donors (Lipinski definition) is 1. The highest BCUT2D eigenvalue weighted by molar-refractivity contribution is 7.92. The summed E-state index contributed by atoms with van der Waals surface area (Å²) in [5.41, 5.74) is 1.60.